The Bertz CT molecular complexity index is 1070. The molecule has 4 aromatic carbocycles. The second-order valence-corrected chi connectivity index (χ2v) is 7.14. The Balaban J connectivity index is 1.25. The van der Waals surface area contributed by atoms with E-state index in [1.54, 1.807) is 72.8 Å². The number of carbonyl (C=O) groups excluding carboxylic acids is 2. The van der Waals surface area contributed by atoms with Crippen LogP contribution in [0.2, 0.25) is 0 Å². The van der Waals surface area contributed by atoms with Gasteiger partial charge in [-0.25, -0.2) is 0 Å². The van der Waals surface area contributed by atoms with Crippen LogP contribution in [0, 0.1) is 0 Å². The van der Waals surface area contributed by atoms with Gasteiger partial charge in [-0.15, -0.1) is 0 Å². The number of ether oxygens (including phenoxy) is 2. The molecule has 0 radical (unpaired) electrons. The fourth-order valence-electron chi connectivity index (χ4n) is 3.24. The van der Waals surface area contributed by atoms with Crippen LogP contribution in [-0.2, 0) is 0 Å². The molecular weight excluding hydrogens is 400 g/mol. The van der Waals surface area contributed by atoms with Crippen LogP contribution in [0.15, 0.2) is 109 Å². The predicted octanol–water partition coefficient (Wildman–Crippen LogP) is 5.61. The molecule has 0 saturated carbocycles. The van der Waals surface area contributed by atoms with Crippen molar-refractivity contribution in [1.82, 2.24) is 0 Å². The number of hydrogen-bond donors (Lipinski definition) is 0. The Hall–Kier alpha value is -4.18. The lowest BCUT2D eigenvalue weighted by Crippen LogP contribution is -2.09. The van der Waals surface area contributed by atoms with Gasteiger partial charge in [-0.05, 0) is 48.5 Å². The molecule has 0 aromatic heterocycles. The van der Waals surface area contributed by atoms with Gasteiger partial charge in [0.1, 0.15) is 24.7 Å². The van der Waals surface area contributed by atoms with E-state index < -0.39 is 0 Å². The quantitative estimate of drug-likeness (QED) is 0.260. The average molecular weight is 422 g/mol. The lowest BCUT2D eigenvalue weighted by molar-refractivity contribution is 0.103. The molecule has 0 spiro atoms. The third-order valence-corrected chi connectivity index (χ3v) is 4.93. The van der Waals surface area contributed by atoms with E-state index in [-0.39, 0.29) is 11.6 Å². The summed E-state index contributed by atoms with van der Waals surface area (Å²) in [6.45, 7) is 0.716. The van der Waals surface area contributed by atoms with E-state index in [0.29, 0.717) is 47.0 Å². The van der Waals surface area contributed by atoms with E-state index in [1.807, 2.05) is 36.4 Å². The zero-order chi connectivity index (χ0) is 22.2. The maximum absolute atomic E-state index is 12.4. The van der Waals surface area contributed by atoms with Gasteiger partial charge in [0.15, 0.2) is 11.6 Å². The van der Waals surface area contributed by atoms with E-state index >= 15 is 0 Å². The SMILES string of the molecule is O=C(c1ccccc1)c1ccc(OCCOc2ccc(C(=O)c3ccccc3)cc2)cc1. The van der Waals surface area contributed by atoms with Gasteiger partial charge in [-0.2, -0.15) is 0 Å². The Morgan fingerprint density at radius 2 is 0.750 bits per heavy atom. The van der Waals surface area contributed by atoms with Crippen LogP contribution in [0.1, 0.15) is 31.8 Å². The summed E-state index contributed by atoms with van der Waals surface area (Å²) in [7, 11) is 0. The zero-order valence-corrected chi connectivity index (χ0v) is 17.4. The minimum atomic E-state index is -0.0188. The Morgan fingerprint density at radius 1 is 0.438 bits per heavy atom. The first-order valence-corrected chi connectivity index (χ1v) is 10.4. The second kappa shape index (κ2) is 10.2. The van der Waals surface area contributed by atoms with E-state index in [1.165, 1.54) is 0 Å². The fourth-order valence-corrected chi connectivity index (χ4v) is 3.24. The summed E-state index contributed by atoms with van der Waals surface area (Å²) in [6, 6.07) is 32.5. The molecule has 0 saturated heterocycles. The molecule has 4 aromatic rings. The van der Waals surface area contributed by atoms with E-state index in [4.69, 9.17) is 9.47 Å². The van der Waals surface area contributed by atoms with Crippen LogP contribution in [0.25, 0.3) is 0 Å². The maximum Gasteiger partial charge on any atom is 0.193 e. The molecule has 0 amide bonds. The number of rotatable bonds is 9. The van der Waals surface area contributed by atoms with Crippen molar-refractivity contribution in [2.24, 2.45) is 0 Å². The van der Waals surface area contributed by atoms with E-state index in [0.717, 1.165) is 0 Å². The first kappa shape index (κ1) is 21.1. The van der Waals surface area contributed by atoms with E-state index in [2.05, 4.69) is 0 Å². The van der Waals surface area contributed by atoms with Gasteiger partial charge in [0.2, 0.25) is 0 Å². The molecule has 0 bridgehead atoms. The molecule has 32 heavy (non-hydrogen) atoms. The lowest BCUT2D eigenvalue weighted by Gasteiger charge is -2.09. The Kier molecular flexibility index (Phi) is 6.73. The summed E-state index contributed by atoms with van der Waals surface area (Å²) in [5.74, 6) is 1.30. The van der Waals surface area contributed by atoms with Crippen molar-refractivity contribution in [3.8, 4) is 11.5 Å². The number of benzene rings is 4. The van der Waals surface area contributed by atoms with Crippen molar-refractivity contribution in [1.29, 1.82) is 0 Å². The van der Waals surface area contributed by atoms with Crippen LogP contribution < -0.4 is 9.47 Å². The molecule has 0 heterocycles. The molecule has 4 rings (SSSR count). The van der Waals surface area contributed by atoms with Gasteiger partial charge in [0, 0.05) is 22.3 Å². The lowest BCUT2D eigenvalue weighted by atomic mass is 10.0. The fraction of sp³-hybridized carbons (Fsp3) is 0.0714. The number of ketones is 2. The highest BCUT2D eigenvalue weighted by molar-refractivity contribution is 6.09. The molecule has 0 aliphatic carbocycles. The third-order valence-electron chi connectivity index (χ3n) is 4.93. The minimum absolute atomic E-state index is 0.0188. The van der Waals surface area contributed by atoms with Crippen LogP contribution in [0.4, 0.5) is 0 Å². The first-order valence-electron chi connectivity index (χ1n) is 10.4. The van der Waals surface area contributed by atoms with Crippen LogP contribution in [0.5, 0.6) is 11.5 Å². The molecule has 0 fully saturated rings. The smallest absolute Gasteiger partial charge is 0.193 e. The van der Waals surface area contributed by atoms with Crippen molar-refractivity contribution in [2.75, 3.05) is 13.2 Å². The number of hydrogen-bond acceptors (Lipinski definition) is 4. The summed E-state index contributed by atoms with van der Waals surface area (Å²) in [5.41, 5.74) is 2.55. The van der Waals surface area contributed by atoms with Gasteiger partial charge in [0.05, 0.1) is 0 Å². The molecule has 4 heteroatoms. The highest BCUT2D eigenvalue weighted by atomic mass is 16.5. The van der Waals surface area contributed by atoms with Gasteiger partial charge in [-0.3, -0.25) is 9.59 Å². The largest absolute Gasteiger partial charge is 0.490 e. The molecule has 0 unspecified atom stereocenters. The second-order valence-electron chi connectivity index (χ2n) is 7.14. The van der Waals surface area contributed by atoms with Crippen molar-refractivity contribution >= 4 is 11.6 Å². The van der Waals surface area contributed by atoms with Gasteiger partial charge < -0.3 is 9.47 Å². The molecular formula is C28H22O4. The topological polar surface area (TPSA) is 52.6 Å². The summed E-state index contributed by atoms with van der Waals surface area (Å²) >= 11 is 0. The molecule has 4 nitrogen and oxygen atoms in total. The third kappa shape index (κ3) is 5.29. The standard InChI is InChI=1S/C28H22O4/c29-27(21-7-3-1-4-8-21)23-11-15-25(16-12-23)31-19-20-32-26-17-13-24(14-18-26)28(30)22-9-5-2-6-10-22/h1-18H,19-20H2. The molecule has 0 aliphatic rings. The van der Waals surface area contributed by atoms with Crippen molar-refractivity contribution in [2.45, 2.75) is 0 Å². The van der Waals surface area contributed by atoms with Gasteiger partial charge in [0.25, 0.3) is 0 Å². The van der Waals surface area contributed by atoms with Crippen LogP contribution >= 0.6 is 0 Å². The first-order chi connectivity index (χ1) is 15.7. The van der Waals surface area contributed by atoms with Crippen molar-refractivity contribution in [3.63, 3.8) is 0 Å². The summed E-state index contributed by atoms with van der Waals surface area (Å²) in [6.07, 6.45) is 0. The monoisotopic (exact) mass is 422 g/mol. The Labute approximate surface area is 187 Å². The summed E-state index contributed by atoms with van der Waals surface area (Å²) in [5, 5.41) is 0. The number of carbonyl (C=O) groups is 2. The van der Waals surface area contributed by atoms with Crippen LogP contribution in [0.3, 0.4) is 0 Å². The highest BCUT2D eigenvalue weighted by Gasteiger charge is 2.09. The predicted molar refractivity (Wildman–Crippen MR) is 124 cm³/mol. The van der Waals surface area contributed by atoms with Gasteiger partial charge in [-0.1, -0.05) is 60.7 Å². The molecule has 0 aliphatic heterocycles. The van der Waals surface area contributed by atoms with Crippen LogP contribution in [-0.4, -0.2) is 24.8 Å². The molecule has 0 atom stereocenters. The Morgan fingerprint density at radius 3 is 1.09 bits per heavy atom. The van der Waals surface area contributed by atoms with Crippen molar-refractivity contribution in [3.05, 3.63) is 131 Å². The normalized spacial score (nSPS) is 10.4. The zero-order valence-electron chi connectivity index (χ0n) is 17.4. The summed E-state index contributed by atoms with van der Waals surface area (Å²) < 4.78 is 11.4. The molecule has 158 valence electrons. The maximum atomic E-state index is 12.4. The summed E-state index contributed by atoms with van der Waals surface area (Å²) in [4.78, 5) is 24.9. The highest BCUT2D eigenvalue weighted by Crippen LogP contribution is 2.17. The average Bonchev–Trinajstić information content (AvgIpc) is 2.87. The van der Waals surface area contributed by atoms with E-state index in [9.17, 15) is 9.59 Å². The van der Waals surface area contributed by atoms with Gasteiger partial charge >= 0.3 is 0 Å². The minimum Gasteiger partial charge on any atom is -0.490 e. The molecule has 0 N–H and O–H groups in total. The van der Waals surface area contributed by atoms with Crippen molar-refractivity contribution < 1.29 is 19.1 Å².